The molecule has 0 spiro atoms. The van der Waals surface area contributed by atoms with Crippen molar-refractivity contribution in [3.05, 3.63) is 53.6 Å². The van der Waals surface area contributed by atoms with Crippen molar-refractivity contribution in [1.29, 1.82) is 0 Å². The molecule has 0 atom stereocenters. The van der Waals surface area contributed by atoms with E-state index < -0.39 is 0 Å². The number of aromatic nitrogens is 1. The second kappa shape index (κ2) is 7.14. The first-order valence-corrected chi connectivity index (χ1v) is 8.61. The number of nitrogens with one attached hydrogen (secondary N) is 1. The van der Waals surface area contributed by atoms with Crippen molar-refractivity contribution >= 4 is 29.5 Å². The lowest BCUT2D eigenvalue weighted by molar-refractivity contribution is 0.0601. The minimum absolute atomic E-state index is 0.322. The predicted octanol–water partition coefficient (Wildman–Crippen LogP) is 5.25. The van der Waals surface area contributed by atoms with E-state index in [9.17, 15) is 4.79 Å². The average Bonchev–Trinajstić information content (AvgIpc) is 2.97. The Balaban J connectivity index is 2.19. The van der Waals surface area contributed by atoms with E-state index in [2.05, 4.69) is 30.6 Å². The monoisotopic (exact) mass is 339 g/mol. The van der Waals surface area contributed by atoms with E-state index in [4.69, 9.17) is 4.74 Å². The Morgan fingerprint density at radius 1 is 1.21 bits per heavy atom. The summed E-state index contributed by atoms with van der Waals surface area (Å²) >= 11 is 4.60. The Kier molecular flexibility index (Phi) is 4.95. The number of carbonyl (C=O) groups is 1. The number of unbranched alkanes of at least 4 members (excludes halogenated alkanes) is 1. The number of fused-ring (bicyclic) bond motifs is 1. The highest BCUT2D eigenvalue weighted by molar-refractivity contribution is 7.80. The lowest BCUT2D eigenvalue weighted by Crippen LogP contribution is -2.00. The Morgan fingerprint density at radius 3 is 2.71 bits per heavy atom. The molecule has 0 fully saturated rings. The highest BCUT2D eigenvalue weighted by atomic mass is 32.1. The SMILES string of the molecule is CCCCc1c(-c2ccccc2S)[nH]c2cc(C(=O)OC)ccc12. The van der Waals surface area contributed by atoms with E-state index >= 15 is 0 Å². The average molecular weight is 339 g/mol. The lowest BCUT2D eigenvalue weighted by Gasteiger charge is -2.07. The van der Waals surface area contributed by atoms with Crippen molar-refractivity contribution in [1.82, 2.24) is 4.98 Å². The van der Waals surface area contributed by atoms with E-state index in [0.717, 1.165) is 46.3 Å². The molecular weight excluding hydrogens is 318 g/mol. The summed E-state index contributed by atoms with van der Waals surface area (Å²) in [5, 5.41) is 1.16. The van der Waals surface area contributed by atoms with Crippen LogP contribution in [0.3, 0.4) is 0 Å². The number of methoxy groups -OCH3 is 1. The number of thiol groups is 1. The van der Waals surface area contributed by atoms with Gasteiger partial charge in [0.05, 0.1) is 18.4 Å². The van der Waals surface area contributed by atoms with Crippen LogP contribution in [-0.4, -0.2) is 18.1 Å². The Morgan fingerprint density at radius 2 is 2.00 bits per heavy atom. The molecule has 0 saturated carbocycles. The number of hydrogen-bond donors (Lipinski definition) is 2. The molecule has 0 aliphatic carbocycles. The fourth-order valence-electron chi connectivity index (χ4n) is 3.03. The maximum absolute atomic E-state index is 11.8. The maximum atomic E-state index is 11.8. The number of hydrogen-bond acceptors (Lipinski definition) is 3. The third-order valence-corrected chi connectivity index (χ3v) is 4.67. The minimum Gasteiger partial charge on any atom is -0.465 e. The summed E-state index contributed by atoms with van der Waals surface area (Å²) in [6.45, 7) is 2.19. The zero-order valence-corrected chi connectivity index (χ0v) is 14.8. The van der Waals surface area contributed by atoms with Crippen LogP contribution in [0, 0.1) is 0 Å². The zero-order chi connectivity index (χ0) is 17.1. The van der Waals surface area contributed by atoms with Gasteiger partial charge in [0.25, 0.3) is 0 Å². The smallest absolute Gasteiger partial charge is 0.337 e. The number of aromatic amines is 1. The maximum Gasteiger partial charge on any atom is 0.337 e. The summed E-state index contributed by atoms with van der Waals surface area (Å²) in [6, 6.07) is 13.8. The molecular formula is C20H21NO2S. The Bertz CT molecular complexity index is 882. The summed E-state index contributed by atoms with van der Waals surface area (Å²) in [6.07, 6.45) is 3.24. The van der Waals surface area contributed by atoms with Crippen LogP contribution in [0.2, 0.25) is 0 Å². The number of rotatable bonds is 5. The highest BCUT2D eigenvalue weighted by Gasteiger charge is 2.16. The molecule has 0 saturated heterocycles. The number of H-pyrrole nitrogens is 1. The molecule has 0 aliphatic rings. The Hall–Kier alpha value is -2.20. The van der Waals surface area contributed by atoms with E-state index in [1.165, 1.54) is 12.7 Å². The number of ether oxygens (including phenoxy) is 1. The first kappa shape index (κ1) is 16.7. The molecule has 0 bridgehead atoms. The van der Waals surface area contributed by atoms with Gasteiger partial charge in [0.1, 0.15) is 0 Å². The third-order valence-electron chi connectivity index (χ3n) is 4.28. The molecule has 0 aliphatic heterocycles. The molecule has 4 heteroatoms. The van der Waals surface area contributed by atoms with E-state index in [1.54, 1.807) is 0 Å². The molecule has 1 heterocycles. The van der Waals surface area contributed by atoms with Crippen LogP contribution in [0.15, 0.2) is 47.4 Å². The van der Waals surface area contributed by atoms with Gasteiger partial charge in [-0.3, -0.25) is 0 Å². The minimum atomic E-state index is -0.322. The molecule has 1 N–H and O–H groups in total. The van der Waals surface area contributed by atoms with Crippen LogP contribution in [0.25, 0.3) is 22.2 Å². The van der Waals surface area contributed by atoms with Crippen molar-refractivity contribution in [2.24, 2.45) is 0 Å². The first-order valence-electron chi connectivity index (χ1n) is 8.17. The standard InChI is InChI=1S/C20H21NO2S/c1-3-4-7-15-14-11-10-13(20(22)23-2)12-17(14)21-19(15)16-8-5-6-9-18(16)24/h5-6,8-12,21,24H,3-4,7H2,1-2H3. The van der Waals surface area contributed by atoms with Gasteiger partial charge >= 0.3 is 5.97 Å². The topological polar surface area (TPSA) is 42.1 Å². The van der Waals surface area contributed by atoms with Gasteiger partial charge in [-0.15, -0.1) is 12.6 Å². The molecule has 124 valence electrons. The molecule has 0 unspecified atom stereocenters. The van der Waals surface area contributed by atoms with E-state index in [1.807, 2.05) is 36.4 Å². The normalized spacial score (nSPS) is 11.0. The van der Waals surface area contributed by atoms with Crippen molar-refractivity contribution in [2.45, 2.75) is 31.1 Å². The second-order valence-corrected chi connectivity index (χ2v) is 6.33. The van der Waals surface area contributed by atoms with Gasteiger partial charge < -0.3 is 9.72 Å². The fraction of sp³-hybridized carbons (Fsp3) is 0.250. The van der Waals surface area contributed by atoms with Crippen LogP contribution in [0.5, 0.6) is 0 Å². The van der Waals surface area contributed by atoms with E-state index in [-0.39, 0.29) is 5.97 Å². The molecule has 3 rings (SSSR count). The van der Waals surface area contributed by atoms with Gasteiger partial charge in [0.2, 0.25) is 0 Å². The van der Waals surface area contributed by atoms with Crippen molar-refractivity contribution < 1.29 is 9.53 Å². The van der Waals surface area contributed by atoms with Gasteiger partial charge in [-0.05, 0) is 36.6 Å². The largest absolute Gasteiger partial charge is 0.465 e. The summed E-state index contributed by atoms with van der Waals surface area (Å²) in [4.78, 5) is 16.2. The second-order valence-electron chi connectivity index (χ2n) is 5.85. The molecule has 0 amide bonds. The predicted molar refractivity (Wildman–Crippen MR) is 101 cm³/mol. The summed E-state index contributed by atoms with van der Waals surface area (Å²) in [5.74, 6) is -0.322. The fourth-order valence-corrected chi connectivity index (χ4v) is 3.30. The van der Waals surface area contributed by atoms with Crippen LogP contribution in [0.4, 0.5) is 0 Å². The summed E-state index contributed by atoms with van der Waals surface area (Å²) < 4.78 is 4.83. The number of benzene rings is 2. The highest BCUT2D eigenvalue weighted by Crippen LogP contribution is 2.35. The molecule has 24 heavy (non-hydrogen) atoms. The molecule has 2 aromatic carbocycles. The van der Waals surface area contributed by atoms with Gasteiger partial charge in [-0.2, -0.15) is 0 Å². The quantitative estimate of drug-likeness (QED) is 0.492. The van der Waals surface area contributed by atoms with Gasteiger partial charge in [-0.25, -0.2) is 4.79 Å². The van der Waals surface area contributed by atoms with Gasteiger partial charge in [0.15, 0.2) is 0 Å². The Labute approximate surface area is 147 Å². The van der Waals surface area contributed by atoms with Crippen molar-refractivity contribution in [3.8, 4) is 11.3 Å². The third kappa shape index (κ3) is 3.06. The van der Waals surface area contributed by atoms with Gasteiger partial charge in [-0.1, -0.05) is 37.6 Å². The number of esters is 1. The van der Waals surface area contributed by atoms with E-state index in [0.29, 0.717) is 5.56 Å². The van der Waals surface area contributed by atoms with Crippen LogP contribution in [0.1, 0.15) is 35.7 Å². The van der Waals surface area contributed by atoms with Gasteiger partial charge in [0, 0.05) is 21.4 Å². The van der Waals surface area contributed by atoms with Crippen molar-refractivity contribution in [3.63, 3.8) is 0 Å². The molecule has 1 aromatic heterocycles. The lowest BCUT2D eigenvalue weighted by atomic mass is 10.00. The first-order chi connectivity index (χ1) is 11.7. The molecule has 3 aromatic rings. The van der Waals surface area contributed by atoms with Crippen LogP contribution in [-0.2, 0) is 11.2 Å². The summed E-state index contributed by atoms with van der Waals surface area (Å²) in [7, 11) is 1.40. The van der Waals surface area contributed by atoms with Crippen LogP contribution < -0.4 is 0 Å². The molecule has 3 nitrogen and oxygen atoms in total. The number of aryl methyl sites for hydroxylation is 1. The molecule has 0 radical (unpaired) electrons. The zero-order valence-electron chi connectivity index (χ0n) is 13.9. The summed E-state index contributed by atoms with van der Waals surface area (Å²) in [5.41, 5.74) is 4.97. The van der Waals surface area contributed by atoms with Crippen molar-refractivity contribution in [2.75, 3.05) is 7.11 Å². The number of carbonyl (C=O) groups excluding carboxylic acids is 1. The van der Waals surface area contributed by atoms with Crippen LogP contribution >= 0.6 is 12.6 Å².